The Kier molecular flexibility index (Phi) is 4.26. The zero-order chi connectivity index (χ0) is 18.3. The molecule has 0 N–H and O–H groups in total. The first-order valence-corrected chi connectivity index (χ1v) is 9.20. The molecule has 26 heavy (non-hydrogen) atoms. The monoisotopic (exact) mass is 352 g/mol. The molecule has 6 heteroatoms. The van der Waals surface area contributed by atoms with Crippen LogP contribution < -0.4 is 0 Å². The van der Waals surface area contributed by atoms with E-state index in [0.29, 0.717) is 18.9 Å². The van der Waals surface area contributed by atoms with Crippen LogP contribution in [0.1, 0.15) is 37.2 Å². The minimum Gasteiger partial charge on any atom is -0.333 e. The molecule has 2 aliphatic heterocycles. The van der Waals surface area contributed by atoms with Gasteiger partial charge in [0.1, 0.15) is 5.82 Å². The van der Waals surface area contributed by atoms with Crippen molar-refractivity contribution in [1.29, 1.82) is 0 Å². The predicted octanol–water partition coefficient (Wildman–Crippen LogP) is 2.82. The molecule has 1 aromatic carbocycles. The minimum atomic E-state index is -0.195. The molecule has 0 saturated carbocycles. The van der Waals surface area contributed by atoms with Gasteiger partial charge in [-0.25, -0.2) is 9.78 Å². The van der Waals surface area contributed by atoms with Gasteiger partial charge in [-0.15, -0.1) is 0 Å². The Morgan fingerprint density at radius 3 is 2.69 bits per heavy atom. The van der Waals surface area contributed by atoms with Crippen molar-refractivity contribution in [2.45, 2.75) is 52.4 Å². The first-order valence-electron chi connectivity index (χ1n) is 9.20. The lowest BCUT2D eigenvalue weighted by Gasteiger charge is -2.43. The van der Waals surface area contributed by atoms with Crippen LogP contribution in [0.3, 0.4) is 0 Å². The lowest BCUT2D eigenvalue weighted by atomic mass is 9.91. The number of hydrogen-bond donors (Lipinski definition) is 0. The van der Waals surface area contributed by atoms with Crippen LogP contribution in [0.2, 0.25) is 0 Å². The summed E-state index contributed by atoms with van der Waals surface area (Å²) in [4.78, 5) is 33.3. The van der Waals surface area contributed by atoms with Crippen LogP contribution in [0, 0.1) is 5.92 Å². The number of nitrogens with zero attached hydrogens (tertiary/aromatic N) is 4. The van der Waals surface area contributed by atoms with Crippen LogP contribution in [0.5, 0.6) is 0 Å². The number of fused-ring (bicyclic) bond motifs is 2. The van der Waals surface area contributed by atoms with Crippen molar-refractivity contribution in [3.05, 3.63) is 53.6 Å². The van der Waals surface area contributed by atoms with Gasteiger partial charge in [0.2, 0.25) is 5.91 Å². The standard InChI is InChI=1S/C20H24N4O2/c1-14(2)11-22-8-7-21-18(22)13-24-19(25)10-17-9-15-5-3-4-6-16(15)12-23(17)20(24)26/h3-8,14,17H,9-13H2,1-2H3/t17-/m0/s1. The number of rotatable bonds is 4. The molecule has 0 unspecified atom stereocenters. The Bertz CT molecular complexity index is 842. The number of amides is 3. The normalized spacial score (nSPS) is 19.7. The largest absolute Gasteiger partial charge is 0.333 e. The van der Waals surface area contributed by atoms with Gasteiger partial charge >= 0.3 is 6.03 Å². The SMILES string of the molecule is CC(C)Cn1ccnc1CN1C(=O)C[C@@H]2Cc3ccccc3CN2C1=O. The Morgan fingerprint density at radius 1 is 1.15 bits per heavy atom. The molecule has 1 saturated heterocycles. The summed E-state index contributed by atoms with van der Waals surface area (Å²) in [7, 11) is 0. The molecule has 1 atom stereocenters. The third kappa shape index (κ3) is 3.00. The van der Waals surface area contributed by atoms with Crippen LogP contribution in [-0.4, -0.2) is 37.3 Å². The maximum atomic E-state index is 13.0. The first-order chi connectivity index (χ1) is 12.5. The van der Waals surface area contributed by atoms with Crippen LogP contribution in [-0.2, 0) is 30.8 Å². The van der Waals surface area contributed by atoms with Gasteiger partial charge in [-0.05, 0) is 23.5 Å². The number of imidazole rings is 1. The fourth-order valence-corrected chi connectivity index (χ4v) is 3.92. The third-order valence-electron chi connectivity index (χ3n) is 5.21. The molecule has 1 fully saturated rings. The summed E-state index contributed by atoms with van der Waals surface area (Å²) in [6.07, 6.45) is 4.78. The molecular weight excluding hydrogens is 328 g/mol. The van der Waals surface area contributed by atoms with Crippen molar-refractivity contribution in [3.8, 4) is 0 Å². The Labute approximate surface area is 153 Å². The molecule has 2 aliphatic rings. The van der Waals surface area contributed by atoms with Crippen LogP contribution in [0.4, 0.5) is 4.79 Å². The molecule has 0 spiro atoms. The third-order valence-corrected chi connectivity index (χ3v) is 5.21. The molecule has 0 aliphatic carbocycles. The highest BCUT2D eigenvalue weighted by atomic mass is 16.2. The summed E-state index contributed by atoms with van der Waals surface area (Å²) in [5.74, 6) is 1.13. The maximum Gasteiger partial charge on any atom is 0.327 e. The average Bonchev–Trinajstić information content (AvgIpc) is 3.03. The van der Waals surface area contributed by atoms with Crippen LogP contribution >= 0.6 is 0 Å². The quantitative estimate of drug-likeness (QED) is 0.850. The Balaban J connectivity index is 1.55. The highest BCUT2D eigenvalue weighted by Crippen LogP contribution is 2.30. The van der Waals surface area contributed by atoms with Gasteiger partial charge in [-0.1, -0.05) is 38.1 Å². The fraction of sp³-hybridized carbons (Fsp3) is 0.450. The smallest absolute Gasteiger partial charge is 0.327 e. The summed E-state index contributed by atoms with van der Waals surface area (Å²) < 4.78 is 2.03. The molecule has 3 heterocycles. The maximum absolute atomic E-state index is 13.0. The molecule has 3 amide bonds. The summed E-state index contributed by atoms with van der Waals surface area (Å²) in [6, 6.07) is 7.95. The van der Waals surface area contributed by atoms with Crippen molar-refractivity contribution >= 4 is 11.9 Å². The van der Waals surface area contributed by atoms with Gasteiger partial charge in [0.05, 0.1) is 6.54 Å². The van der Waals surface area contributed by atoms with Gasteiger partial charge in [0, 0.05) is 37.9 Å². The Morgan fingerprint density at radius 2 is 1.92 bits per heavy atom. The van der Waals surface area contributed by atoms with Crippen molar-refractivity contribution in [3.63, 3.8) is 0 Å². The molecule has 0 radical (unpaired) electrons. The van der Waals surface area contributed by atoms with Crippen LogP contribution in [0.25, 0.3) is 0 Å². The number of urea groups is 1. The average molecular weight is 352 g/mol. The van der Waals surface area contributed by atoms with Crippen molar-refractivity contribution < 1.29 is 9.59 Å². The van der Waals surface area contributed by atoms with E-state index in [1.165, 1.54) is 16.0 Å². The van der Waals surface area contributed by atoms with E-state index in [1.807, 2.05) is 27.8 Å². The summed E-state index contributed by atoms with van der Waals surface area (Å²) in [6.45, 7) is 5.91. The second kappa shape index (κ2) is 6.59. The Hall–Kier alpha value is -2.63. The molecular formula is C20H24N4O2. The molecule has 1 aromatic heterocycles. The molecule has 4 rings (SSSR count). The molecule has 6 nitrogen and oxygen atoms in total. The van der Waals surface area contributed by atoms with Crippen LogP contribution in [0.15, 0.2) is 36.7 Å². The summed E-state index contributed by atoms with van der Waals surface area (Å²) >= 11 is 0. The molecule has 0 bridgehead atoms. The van der Waals surface area contributed by atoms with E-state index in [4.69, 9.17) is 0 Å². The van der Waals surface area contributed by atoms with Gasteiger partial charge in [0.25, 0.3) is 0 Å². The number of hydrogen-bond acceptors (Lipinski definition) is 3. The molecule has 2 aromatic rings. The zero-order valence-corrected chi connectivity index (χ0v) is 15.3. The van der Waals surface area contributed by atoms with E-state index in [-0.39, 0.29) is 24.5 Å². The minimum absolute atomic E-state index is 0.0310. The van der Waals surface area contributed by atoms with E-state index in [1.54, 1.807) is 6.20 Å². The highest BCUT2D eigenvalue weighted by Gasteiger charge is 2.41. The number of aromatic nitrogens is 2. The van der Waals surface area contributed by atoms with Crippen molar-refractivity contribution in [2.24, 2.45) is 5.92 Å². The van der Waals surface area contributed by atoms with Crippen molar-refractivity contribution in [1.82, 2.24) is 19.4 Å². The number of carbonyl (C=O) groups excluding carboxylic acids is 2. The first kappa shape index (κ1) is 16.8. The molecule has 136 valence electrons. The van der Waals surface area contributed by atoms with E-state index >= 15 is 0 Å². The summed E-state index contributed by atoms with van der Waals surface area (Å²) in [5.41, 5.74) is 2.42. The van der Waals surface area contributed by atoms with Gasteiger partial charge < -0.3 is 9.47 Å². The number of carbonyl (C=O) groups is 2. The predicted molar refractivity (Wildman–Crippen MR) is 97.1 cm³/mol. The summed E-state index contributed by atoms with van der Waals surface area (Å²) in [5, 5.41) is 0. The number of benzene rings is 1. The van der Waals surface area contributed by atoms with E-state index < -0.39 is 0 Å². The number of imide groups is 1. The lowest BCUT2D eigenvalue weighted by Crippen LogP contribution is -2.58. The van der Waals surface area contributed by atoms with Crippen molar-refractivity contribution in [2.75, 3.05) is 0 Å². The van der Waals surface area contributed by atoms with E-state index in [0.717, 1.165) is 18.8 Å². The second-order valence-corrected chi connectivity index (χ2v) is 7.61. The van der Waals surface area contributed by atoms with E-state index in [9.17, 15) is 9.59 Å². The highest BCUT2D eigenvalue weighted by molar-refractivity contribution is 5.97. The van der Waals surface area contributed by atoms with E-state index in [2.05, 4.69) is 31.0 Å². The van der Waals surface area contributed by atoms with Gasteiger partial charge in [-0.2, -0.15) is 0 Å². The fourth-order valence-electron chi connectivity index (χ4n) is 3.92. The topological polar surface area (TPSA) is 58.4 Å². The van der Waals surface area contributed by atoms with Gasteiger partial charge in [-0.3, -0.25) is 9.69 Å². The van der Waals surface area contributed by atoms with Gasteiger partial charge in [0.15, 0.2) is 0 Å². The lowest BCUT2D eigenvalue weighted by molar-refractivity contribution is -0.133. The zero-order valence-electron chi connectivity index (χ0n) is 15.3. The second-order valence-electron chi connectivity index (χ2n) is 7.61.